The van der Waals surface area contributed by atoms with Gasteiger partial charge in [0.15, 0.2) is 0 Å². The molecule has 0 radical (unpaired) electrons. The van der Waals surface area contributed by atoms with Gasteiger partial charge in [-0.3, -0.25) is 4.90 Å². The van der Waals surface area contributed by atoms with E-state index in [1.165, 1.54) is 11.1 Å². The largest absolute Gasteiger partial charge is 0.492 e. The molecule has 2 rings (SSSR count). The number of ether oxygens (including phenoxy) is 1. The molecule has 0 saturated heterocycles. The lowest BCUT2D eigenvalue weighted by Gasteiger charge is -2.18. The molecular weight excluding hydrogens is 376 g/mol. The molecule has 0 aliphatic rings. The zero-order chi connectivity index (χ0) is 21.0. The highest BCUT2D eigenvalue weighted by atomic mass is 32.1. The number of hydrogen-bond acceptors (Lipinski definition) is 4. The van der Waals surface area contributed by atoms with Crippen molar-refractivity contribution in [2.75, 3.05) is 39.3 Å². The molecule has 0 aliphatic carbocycles. The van der Waals surface area contributed by atoms with Crippen molar-refractivity contribution in [3.05, 3.63) is 53.2 Å². The highest BCUT2D eigenvalue weighted by Gasteiger charge is 2.03. The SMILES string of the molecule is CCN(CC=CC#CC(C)(C)C)CCNCCOc1cccc(-c2ccsc2)c1. The summed E-state index contributed by atoms with van der Waals surface area (Å²) in [6, 6.07) is 10.4. The standard InChI is InChI=1S/C25H34N2OS/c1-5-27(16-8-6-7-13-25(2,3)4)17-14-26-15-18-28-24-11-9-10-22(20-24)23-12-19-29-21-23/h6,8-12,19-21,26H,5,14-18H2,1-4H3. The van der Waals surface area contributed by atoms with E-state index in [0.29, 0.717) is 6.61 Å². The number of likely N-dealkylation sites (N-methyl/N-ethyl adjacent to an activating group) is 1. The average Bonchev–Trinajstić information content (AvgIpc) is 3.23. The van der Waals surface area contributed by atoms with Gasteiger partial charge in [-0.05, 0) is 73.5 Å². The number of allylic oxidation sites excluding steroid dienone is 1. The fourth-order valence-corrected chi connectivity index (χ4v) is 3.36. The maximum absolute atomic E-state index is 5.90. The molecule has 0 aliphatic heterocycles. The normalized spacial score (nSPS) is 11.6. The Morgan fingerprint density at radius 3 is 2.76 bits per heavy atom. The summed E-state index contributed by atoms with van der Waals surface area (Å²) >= 11 is 1.71. The first-order valence-corrected chi connectivity index (χ1v) is 11.3. The summed E-state index contributed by atoms with van der Waals surface area (Å²) in [6.07, 6.45) is 4.12. The second-order valence-corrected chi connectivity index (χ2v) is 8.73. The molecular formula is C25H34N2OS. The first-order valence-electron chi connectivity index (χ1n) is 10.3. The lowest BCUT2D eigenvalue weighted by Crippen LogP contribution is -2.33. The van der Waals surface area contributed by atoms with E-state index in [2.05, 4.69) is 84.8 Å². The lowest BCUT2D eigenvalue weighted by atomic mass is 9.98. The highest BCUT2D eigenvalue weighted by Crippen LogP contribution is 2.25. The molecule has 0 spiro atoms. The van der Waals surface area contributed by atoms with Gasteiger partial charge in [0.05, 0.1) is 0 Å². The molecule has 29 heavy (non-hydrogen) atoms. The summed E-state index contributed by atoms with van der Waals surface area (Å²) in [5, 5.41) is 7.72. The highest BCUT2D eigenvalue weighted by molar-refractivity contribution is 7.08. The molecule has 0 saturated carbocycles. The van der Waals surface area contributed by atoms with Gasteiger partial charge in [0.1, 0.15) is 12.4 Å². The Morgan fingerprint density at radius 1 is 1.17 bits per heavy atom. The van der Waals surface area contributed by atoms with Gasteiger partial charge in [0.2, 0.25) is 0 Å². The fourth-order valence-electron chi connectivity index (χ4n) is 2.69. The predicted octanol–water partition coefficient (Wildman–Crippen LogP) is 5.31. The van der Waals surface area contributed by atoms with E-state index in [1.807, 2.05) is 18.2 Å². The summed E-state index contributed by atoms with van der Waals surface area (Å²) in [5.41, 5.74) is 2.51. The van der Waals surface area contributed by atoms with Gasteiger partial charge < -0.3 is 10.1 Å². The Morgan fingerprint density at radius 2 is 2.03 bits per heavy atom. The molecule has 0 atom stereocenters. The second kappa shape index (κ2) is 12.5. The Balaban J connectivity index is 1.62. The van der Waals surface area contributed by atoms with Gasteiger partial charge in [0, 0.05) is 31.6 Å². The van der Waals surface area contributed by atoms with E-state index < -0.39 is 0 Å². The van der Waals surface area contributed by atoms with Crippen molar-refractivity contribution in [3.63, 3.8) is 0 Å². The minimum Gasteiger partial charge on any atom is -0.492 e. The van der Waals surface area contributed by atoms with Crippen LogP contribution in [0.2, 0.25) is 0 Å². The van der Waals surface area contributed by atoms with Crippen LogP contribution in [0.4, 0.5) is 0 Å². The lowest BCUT2D eigenvalue weighted by molar-refractivity contribution is 0.293. The molecule has 1 heterocycles. The number of thiophene rings is 1. The monoisotopic (exact) mass is 410 g/mol. The topological polar surface area (TPSA) is 24.5 Å². The Kier molecular flexibility index (Phi) is 10.0. The van der Waals surface area contributed by atoms with Crippen LogP contribution in [0.5, 0.6) is 5.75 Å². The van der Waals surface area contributed by atoms with E-state index in [9.17, 15) is 0 Å². The summed E-state index contributed by atoms with van der Waals surface area (Å²) in [7, 11) is 0. The molecule has 1 N–H and O–H groups in total. The van der Waals surface area contributed by atoms with Crippen LogP contribution >= 0.6 is 11.3 Å². The zero-order valence-electron chi connectivity index (χ0n) is 18.2. The summed E-state index contributed by atoms with van der Waals surface area (Å²) < 4.78 is 5.90. The third-order valence-corrected chi connectivity index (χ3v) is 4.98. The van der Waals surface area contributed by atoms with Crippen molar-refractivity contribution < 1.29 is 4.74 Å². The number of hydrogen-bond donors (Lipinski definition) is 1. The molecule has 1 aromatic heterocycles. The van der Waals surface area contributed by atoms with Crippen LogP contribution in [0.15, 0.2) is 53.2 Å². The second-order valence-electron chi connectivity index (χ2n) is 7.95. The fraction of sp³-hybridized carbons (Fsp3) is 0.440. The summed E-state index contributed by atoms with van der Waals surface area (Å²) in [4.78, 5) is 2.40. The van der Waals surface area contributed by atoms with Crippen LogP contribution in [0.3, 0.4) is 0 Å². The number of nitrogens with one attached hydrogen (secondary N) is 1. The molecule has 0 fully saturated rings. The van der Waals surface area contributed by atoms with Crippen molar-refractivity contribution in [1.29, 1.82) is 0 Å². The summed E-state index contributed by atoms with van der Waals surface area (Å²) in [5.74, 6) is 7.28. The predicted molar refractivity (Wildman–Crippen MR) is 127 cm³/mol. The van der Waals surface area contributed by atoms with E-state index in [0.717, 1.165) is 38.5 Å². The van der Waals surface area contributed by atoms with Crippen LogP contribution in [0.25, 0.3) is 11.1 Å². The number of benzene rings is 1. The Hall–Kier alpha value is -2.06. The number of rotatable bonds is 11. The van der Waals surface area contributed by atoms with Crippen LogP contribution in [0.1, 0.15) is 27.7 Å². The maximum Gasteiger partial charge on any atom is 0.119 e. The maximum atomic E-state index is 5.90. The molecule has 1 aromatic carbocycles. The third kappa shape index (κ3) is 9.80. The third-order valence-electron chi connectivity index (χ3n) is 4.30. The first-order chi connectivity index (χ1) is 14.0. The van der Waals surface area contributed by atoms with Gasteiger partial charge in [-0.2, -0.15) is 11.3 Å². The van der Waals surface area contributed by atoms with Crippen LogP contribution in [0, 0.1) is 17.3 Å². The minimum atomic E-state index is 0.0615. The quantitative estimate of drug-likeness (QED) is 0.401. The zero-order valence-corrected chi connectivity index (χ0v) is 19.0. The smallest absolute Gasteiger partial charge is 0.119 e. The summed E-state index contributed by atoms with van der Waals surface area (Å²) in [6.45, 7) is 14.0. The average molecular weight is 411 g/mol. The van der Waals surface area contributed by atoms with Crippen LogP contribution in [-0.4, -0.2) is 44.2 Å². The van der Waals surface area contributed by atoms with Gasteiger partial charge >= 0.3 is 0 Å². The van der Waals surface area contributed by atoms with Gasteiger partial charge in [0.25, 0.3) is 0 Å². The minimum absolute atomic E-state index is 0.0615. The molecule has 3 nitrogen and oxygen atoms in total. The van der Waals surface area contributed by atoms with E-state index in [1.54, 1.807) is 11.3 Å². The molecule has 0 bridgehead atoms. The molecule has 0 amide bonds. The Bertz CT molecular complexity index is 794. The van der Waals surface area contributed by atoms with Gasteiger partial charge in [-0.15, -0.1) is 0 Å². The van der Waals surface area contributed by atoms with Crippen molar-refractivity contribution in [3.8, 4) is 28.7 Å². The van der Waals surface area contributed by atoms with E-state index >= 15 is 0 Å². The van der Waals surface area contributed by atoms with Crippen molar-refractivity contribution in [2.45, 2.75) is 27.7 Å². The number of nitrogens with zero attached hydrogens (tertiary/aromatic N) is 1. The van der Waals surface area contributed by atoms with Crippen molar-refractivity contribution in [1.82, 2.24) is 10.2 Å². The molecule has 156 valence electrons. The Labute approximate surface area is 180 Å². The van der Waals surface area contributed by atoms with Gasteiger partial charge in [-0.1, -0.05) is 37.0 Å². The van der Waals surface area contributed by atoms with Crippen molar-refractivity contribution in [2.24, 2.45) is 5.41 Å². The first kappa shape index (κ1) is 23.2. The van der Waals surface area contributed by atoms with Crippen LogP contribution in [-0.2, 0) is 0 Å². The van der Waals surface area contributed by atoms with E-state index in [-0.39, 0.29) is 5.41 Å². The van der Waals surface area contributed by atoms with Crippen LogP contribution < -0.4 is 10.1 Å². The van der Waals surface area contributed by atoms with Gasteiger partial charge in [-0.25, -0.2) is 0 Å². The van der Waals surface area contributed by atoms with E-state index in [4.69, 9.17) is 4.74 Å². The molecule has 0 unspecified atom stereocenters. The van der Waals surface area contributed by atoms with Crippen molar-refractivity contribution >= 4 is 11.3 Å². The molecule has 4 heteroatoms. The molecule has 2 aromatic rings.